The normalized spacial score (nSPS) is 19.9. The average Bonchev–Trinajstić information content (AvgIpc) is 1.96. The third-order valence-electron chi connectivity index (χ3n) is 2.65. The fourth-order valence-electron chi connectivity index (χ4n) is 1.97. The van der Waals surface area contributed by atoms with Crippen LogP contribution in [0.4, 0.5) is 0 Å². The Morgan fingerprint density at radius 1 is 1.53 bits per heavy atom. The van der Waals surface area contributed by atoms with Crippen LogP contribution in [0.3, 0.4) is 0 Å². The molecule has 1 aliphatic rings. The lowest BCUT2D eigenvalue weighted by Crippen LogP contribution is -2.64. The highest BCUT2D eigenvalue weighted by Crippen LogP contribution is 2.26. The van der Waals surface area contributed by atoms with Crippen molar-refractivity contribution in [1.82, 2.24) is 4.90 Å². The molecule has 0 aromatic rings. The van der Waals surface area contributed by atoms with Crippen molar-refractivity contribution in [3.8, 4) is 0 Å². The predicted molar refractivity (Wildman–Crippen MR) is 59.3 cm³/mol. The van der Waals surface area contributed by atoms with E-state index >= 15 is 0 Å². The average molecular weight is 214 g/mol. The molecular weight excluding hydrogens is 192 g/mol. The number of aliphatic hydroxyl groups is 1. The Kier molecular flexibility index (Phi) is 3.41. The number of hydrogen-bond acceptors (Lipinski definition) is 3. The molecule has 1 rings (SSSR count). The first kappa shape index (κ1) is 12.5. The van der Waals surface area contributed by atoms with E-state index in [9.17, 15) is 9.90 Å². The van der Waals surface area contributed by atoms with Gasteiger partial charge in [0, 0.05) is 12.0 Å². The highest BCUT2D eigenvalue weighted by atomic mass is 16.3. The maximum atomic E-state index is 11.7. The smallest absolute Gasteiger partial charge is 0.224 e. The van der Waals surface area contributed by atoms with Gasteiger partial charge in [0.25, 0.3) is 0 Å². The number of nitrogens with two attached hydrogens (primary N) is 1. The van der Waals surface area contributed by atoms with Gasteiger partial charge in [0.15, 0.2) is 0 Å². The van der Waals surface area contributed by atoms with Gasteiger partial charge in [-0.1, -0.05) is 13.3 Å². The summed E-state index contributed by atoms with van der Waals surface area (Å²) < 4.78 is 0. The molecule has 15 heavy (non-hydrogen) atoms. The Morgan fingerprint density at radius 3 is 2.47 bits per heavy atom. The molecule has 0 aliphatic carbocycles. The van der Waals surface area contributed by atoms with E-state index in [4.69, 9.17) is 5.73 Å². The molecule has 4 nitrogen and oxygen atoms in total. The lowest BCUT2D eigenvalue weighted by molar-refractivity contribution is -0.157. The molecule has 0 aromatic carbocycles. The van der Waals surface area contributed by atoms with E-state index in [-0.39, 0.29) is 5.91 Å². The lowest BCUT2D eigenvalue weighted by atomic mass is 9.88. The second-order valence-corrected chi connectivity index (χ2v) is 5.39. The molecule has 0 saturated carbocycles. The van der Waals surface area contributed by atoms with E-state index < -0.39 is 11.1 Å². The fraction of sp³-hybridized carbons (Fsp3) is 0.909. The number of β-amino-alcohol motifs (C(OH)–C–C–N with tert-alkyl or cyclic N) is 1. The molecule has 0 radical (unpaired) electrons. The molecule has 0 atom stereocenters. The molecule has 1 heterocycles. The molecule has 3 N–H and O–H groups in total. The van der Waals surface area contributed by atoms with Gasteiger partial charge in [0.1, 0.15) is 0 Å². The van der Waals surface area contributed by atoms with Crippen LogP contribution in [0, 0.1) is 0 Å². The van der Waals surface area contributed by atoms with Gasteiger partial charge >= 0.3 is 0 Å². The SMILES string of the molecule is CCCC1(O)CN(C(=O)CC(C)(C)N)C1. The summed E-state index contributed by atoms with van der Waals surface area (Å²) in [5.74, 6) is 0.0447. The maximum absolute atomic E-state index is 11.7. The Balaban J connectivity index is 2.35. The molecule has 0 spiro atoms. The topological polar surface area (TPSA) is 66.6 Å². The monoisotopic (exact) mass is 214 g/mol. The number of amides is 1. The minimum Gasteiger partial charge on any atom is -0.386 e. The van der Waals surface area contributed by atoms with Crippen LogP contribution in [0.25, 0.3) is 0 Å². The Morgan fingerprint density at radius 2 is 2.07 bits per heavy atom. The summed E-state index contributed by atoms with van der Waals surface area (Å²) in [6.45, 7) is 6.64. The van der Waals surface area contributed by atoms with Gasteiger partial charge in [-0.15, -0.1) is 0 Å². The zero-order valence-electron chi connectivity index (χ0n) is 9.92. The molecule has 0 bridgehead atoms. The second kappa shape index (κ2) is 4.10. The number of nitrogens with zero attached hydrogens (tertiary/aromatic N) is 1. The van der Waals surface area contributed by atoms with Crippen LogP contribution in [0.15, 0.2) is 0 Å². The molecular formula is C11H22N2O2. The highest BCUT2D eigenvalue weighted by molar-refractivity contribution is 5.78. The number of hydrogen-bond donors (Lipinski definition) is 2. The van der Waals surface area contributed by atoms with E-state index in [1.807, 2.05) is 20.8 Å². The van der Waals surface area contributed by atoms with Gasteiger partial charge in [0.05, 0.1) is 18.7 Å². The number of carbonyl (C=O) groups is 1. The third kappa shape index (κ3) is 3.47. The van der Waals surface area contributed by atoms with Crippen molar-refractivity contribution in [2.24, 2.45) is 5.73 Å². The fourth-order valence-corrected chi connectivity index (χ4v) is 1.97. The van der Waals surface area contributed by atoms with E-state index in [0.717, 1.165) is 12.8 Å². The van der Waals surface area contributed by atoms with Gasteiger partial charge in [-0.2, -0.15) is 0 Å². The van der Waals surface area contributed by atoms with Crippen molar-refractivity contribution in [3.05, 3.63) is 0 Å². The minimum absolute atomic E-state index is 0.0447. The first-order valence-electron chi connectivity index (χ1n) is 5.55. The van der Waals surface area contributed by atoms with Crippen LogP contribution in [-0.2, 0) is 4.79 Å². The highest BCUT2D eigenvalue weighted by Gasteiger charge is 2.43. The van der Waals surface area contributed by atoms with Crippen LogP contribution in [0.2, 0.25) is 0 Å². The van der Waals surface area contributed by atoms with Crippen molar-refractivity contribution in [3.63, 3.8) is 0 Å². The second-order valence-electron chi connectivity index (χ2n) is 5.39. The first-order chi connectivity index (χ1) is 6.76. The van der Waals surface area contributed by atoms with Gasteiger partial charge in [0.2, 0.25) is 5.91 Å². The van der Waals surface area contributed by atoms with Gasteiger partial charge in [-0.25, -0.2) is 0 Å². The summed E-state index contributed by atoms with van der Waals surface area (Å²) in [7, 11) is 0. The molecule has 0 aromatic heterocycles. The molecule has 88 valence electrons. The molecule has 1 saturated heterocycles. The maximum Gasteiger partial charge on any atom is 0.224 e. The minimum atomic E-state index is -0.636. The Hall–Kier alpha value is -0.610. The largest absolute Gasteiger partial charge is 0.386 e. The summed E-state index contributed by atoms with van der Waals surface area (Å²) in [5, 5.41) is 9.90. The first-order valence-corrected chi connectivity index (χ1v) is 5.55. The molecule has 0 unspecified atom stereocenters. The van der Waals surface area contributed by atoms with Crippen molar-refractivity contribution in [2.75, 3.05) is 13.1 Å². The number of rotatable bonds is 4. The predicted octanol–water partition coefficient (Wildman–Crippen LogP) is 0.487. The summed E-state index contributed by atoms with van der Waals surface area (Å²) in [4.78, 5) is 13.4. The third-order valence-corrected chi connectivity index (χ3v) is 2.65. The molecule has 4 heteroatoms. The van der Waals surface area contributed by atoms with Crippen LogP contribution in [-0.4, -0.2) is 40.1 Å². The van der Waals surface area contributed by atoms with Crippen molar-refractivity contribution in [2.45, 2.75) is 51.2 Å². The molecule has 1 aliphatic heterocycles. The quantitative estimate of drug-likeness (QED) is 0.715. The van der Waals surface area contributed by atoms with Crippen molar-refractivity contribution in [1.29, 1.82) is 0 Å². The van der Waals surface area contributed by atoms with E-state index in [0.29, 0.717) is 19.5 Å². The molecule has 1 fully saturated rings. The van der Waals surface area contributed by atoms with Gasteiger partial charge in [-0.05, 0) is 20.3 Å². The van der Waals surface area contributed by atoms with Crippen molar-refractivity contribution >= 4 is 5.91 Å². The van der Waals surface area contributed by atoms with Gasteiger partial charge < -0.3 is 15.7 Å². The van der Waals surface area contributed by atoms with E-state index in [2.05, 4.69) is 0 Å². The zero-order chi connectivity index (χ0) is 11.7. The van der Waals surface area contributed by atoms with E-state index in [1.54, 1.807) is 4.90 Å². The summed E-state index contributed by atoms with van der Waals surface area (Å²) >= 11 is 0. The Bertz CT molecular complexity index is 239. The summed E-state index contributed by atoms with van der Waals surface area (Å²) in [5.41, 5.74) is 4.67. The number of carbonyl (C=O) groups excluding carboxylic acids is 1. The number of likely N-dealkylation sites (tertiary alicyclic amines) is 1. The zero-order valence-corrected chi connectivity index (χ0v) is 9.92. The van der Waals surface area contributed by atoms with Crippen molar-refractivity contribution < 1.29 is 9.90 Å². The molecule has 1 amide bonds. The summed E-state index contributed by atoms with van der Waals surface area (Å²) in [6, 6.07) is 0. The summed E-state index contributed by atoms with van der Waals surface area (Å²) in [6.07, 6.45) is 2.05. The lowest BCUT2D eigenvalue weighted by Gasteiger charge is -2.47. The van der Waals surface area contributed by atoms with Crippen LogP contribution in [0.5, 0.6) is 0 Å². The van der Waals surface area contributed by atoms with Gasteiger partial charge in [-0.3, -0.25) is 4.79 Å². The Labute approximate surface area is 91.4 Å². The van der Waals surface area contributed by atoms with E-state index in [1.165, 1.54) is 0 Å². The standard InChI is InChI=1S/C11H22N2O2/c1-4-5-11(15)7-13(8-11)9(14)6-10(2,3)12/h15H,4-8,12H2,1-3H3. The van der Waals surface area contributed by atoms with Crippen LogP contribution in [0.1, 0.15) is 40.0 Å². The van der Waals surface area contributed by atoms with Crippen LogP contribution >= 0.6 is 0 Å². The van der Waals surface area contributed by atoms with Crippen LogP contribution < -0.4 is 5.73 Å².